The summed E-state index contributed by atoms with van der Waals surface area (Å²) in [5.74, 6) is -0.583. The summed E-state index contributed by atoms with van der Waals surface area (Å²) < 4.78 is 4.16. The average molecular weight is 514 g/mol. The standard InChI is InChI=1S/C22H20BrN5O3S/c1-13-19(21(31)28(27(13)2)16-6-4-3-5-7-16)25-22-26-20(30)17(32-22)12-18(29)24-15-10-8-14(23)9-11-15/h3-11,17H,12H2,1-2H3,(H,24,29)(H,25,26,30)/t17-/m1/s1. The van der Waals surface area contributed by atoms with E-state index in [-0.39, 0.29) is 29.5 Å². The molecule has 1 aromatic heterocycles. The van der Waals surface area contributed by atoms with Crippen molar-refractivity contribution in [3.63, 3.8) is 0 Å². The molecule has 1 saturated heterocycles. The lowest BCUT2D eigenvalue weighted by Crippen LogP contribution is -2.28. The number of hydrogen-bond acceptors (Lipinski definition) is 5. The first-order valence-corrected chi connectivity index (χ1v) is 11.5. The summed E-state index contributed by atoms with van der Waals surface area (Å²) in [7, 11) is 1.78. The molecule has 0 bridgehead atoms. The molecule has 0 aliphatic carbocycles. The molecule has 1 aliphatic heterocycles. The highest BCUT2D eigenvalue weighted by Gasteiger charge is 2.32. The van der Waals surface area contributed by atoms with E-state index in [1.165, 1.54) is 4.68 Å². The van der Waals surface area contributed by atoms with E-state index >= 15 is 0 Å². The normalized spacial score (nSPS) is 16.9. The van der Waals surface area contributed by atoms with E-state index in [4.69, 9.17) is 0 Å². The molecule has 1 aliphatic rings. The van der Waals surface area contributed by atoms with Crippen molar-refractivity contribution >= 4 is 56.0 Å². The Morgan fingerprint density at radius 3 is 2.53 bits per heavy atom. The molecule has 4 rings (SSSR count). The van der Waals surface area contributed by atoms with Gasteiger partial charge in [0.2, 0.25) is 11.8 Å². The summed E-state index contributed by atoms with van der Waals surface area (Å²) in [5.41, 5.74) is 2.00. The van der Waals surface area contributed by atoms with Crippen LogP contribution in [0, 0.1) is 6.92 Å². The largest absolute Gasteiger partial charge is 0.326 e. The van der Waals surface area contributed by atoms with Gasteiger partial charge in [0.25, 0.3) is 5.56 Å². The fourth-order valence-electron chi connectivity index (χ4n) is 3.29. The Kier molecular flexibility index (Phi) is 6.33. The SMILES string of the molecule is Cc1c(N=C2NC(=O)[C@@H](CC(=O)Nc3ccc(Br)cc3)S2)c(=O)n(-c2ccccc2)n1C. The van der Waals surface area contributed by atoms with Crippen molar-refractivity contribution in [3.05, 3.63) is 75.1 Å². The lowest BCUT2D eigenvalue weighted by Gasteiger charge is -2.07. The molecule has 3 aromatic rings. The highest BCUT2D eigenvalue weighted by molar-refractivity contribution is 9.10. The minimum atomic E-state index is -0.621. The number of amides is 2. The van der Waals surface area contributed by atoms with Crippen molar-refractivity contribution in [3.8, 4) is 5.69 Å². The van der Waals surface area contributed by atoms with Gasteiger partial charge in [0.1, 0.15) is 5.25 Å². The Morgan fingerprint density at radius 1 is 1.16 bits per heavy atom. The van der Waals surface area contributed by atoms with Gasteiger partial charge in [-0.25, -0.2) is 9.67 Å². The number of thioether (sulfide) groups is 1. The fraction of sp³-hybridized carbons (Fsp3) is 0.182. The van der Waals surface area contributed by atoms with Crippen LogP contribution < -0.4 is 16.2 Å². The third-order valence-corrected chi connectivity index (χ3v) is 6.62. The highest BCUT2D eigenvalue weighted by Crippen LogP contribution is 2.26. The molecular formula is C22H20BrN5O3S. The second-order valence-electron chi connectivity index (χ2n) is 7.18. The quantitative estimate of drug-likeness (QED) is 0.545. The van der Waals surface area contributed by atoms with Crippen LogP contribution in [0.15, 0.2) is 68.9 Å². The molecule has 2 N–H and O–H groups in total. The van der Waals surface area contributed by atoms with Crippen LogP contribution in [0.4, 0.5) is 11.4 Å². The smallest absolute Gasteiger partial charge is 0.297 e. The number of nitrogens with zero attached hydrogens (tertiary/aromatic N) is 3. The summed E-state index contributed by atoms with van der Waals surface area (Å²) in [5, 5.41) is 5.15. The number of amidine groups is 1. The molecule has 0 radical (unpaired) electrons. The number of nitrogens with one attached hydrogen (secondary N) is 2. The zero-order valence-electron chi connectivity index (χ0n) is 17.3. The molecule has 32 heavy (non-hydrogen) atoms. The van der Waals surface area contributed by atoms with Crippen molar-refractivity contribution in [1.29, 1.82) is 0 Å². The van der Waals surface area contributed by atoms with Crippen LogP contribution in [0.25, 0.3) is 5.69 Å². The lowest BCUT2D eigenvalue weighted by molar-refractivity contribution is -0.122. The molecule has 1 atom stereocenters. The molecular weight excluding hydrogens is 494 g/mol. The molecule has 2 amide bonds. The number of rotatable bonds is 5. The van der Waals surface area contributed by atoms with Crippen LogP contribution in [0.5, 0.6) is 0 Å². The molecule has 1 fully saturated rings. The van der Waals surface area contributed by atoms with E-state index in [1.807, 2.05) is 42.5 Å². The van der Waals surface area contributed by atoms with Crippen molar-refractivity contribution in [2.75, 3.05) is 5.32 Å². The average Bonchev–Trinajstić information content (AvgIpc) is 3.21. The molecule has 8 nitrogen and oxygen atoms in total. The summed E-state index contributed by atoms with van der Waals surface area (Å²) in [6.45, 7) is 1.80. The maximum absolute atomic E-state index is 13.0. The molecule has 0 spiro atoms. The van der Waals surface area contributed by atoms with Gasteiger partial charge in [-0.15, -0.1) is 0 Å². The first-order valence-electron chi connectivity index (χ1n) is 9.79. The second kappa shape index (κ2) is 9.17. The number of carbonyl (C=O) groups excluding carboxylic acids is 2. The Morgan fingerprint density at radius 2 is 1.84 bits per heavy atom. The molecule has 0 unspecified atom stereocenters. The van der Waals surface area contributed by atoms with Gasteiger partial charge in [0, 0.05) is 23.6 Å². The Labute approximate surface area is 196 Å². The number of anilines is 1. The van der Waals surface area contributed by atoms with Crippen LogP contribution in [0.3, 0.4) is 0 Å². The summed E-state index contributed by atoms with van der Waals surface area (Å²) >= 11 is 4.49. The predicted molar refractivity (Wildman–Crippen MR) is 130 cm³/mol. The fourth-order valence-corrected chi connectivity index (χ4v) is 4.53. The Hall–Kier alpha value is -3.11. The first-order chi connectivity index (χ1) is 15.3. The number of benzene rings is 2. The van der Waals surface area contributed by atoms with E-state index in [2.05, 4.69) is 31.6 Å². The molecule has 2 aromatic carbocycles. The summed E-state index contributed by atoms with van der Waals surface area (Å²) in [6, 6.07) is 16.4. The minimum Gasteiger partial charge on any atom is -0.326 e. The van der Waals surface area contributed by atoms with E-state index < -0.39 is 5.25 Å². The van der Waals surface area contributed by atoms with Gasteiger partial charge in [-0.1, -0.05) is 45.9 Å². The third-order valence-electron chi connectivity index (χ3n) is 5.01. The number of aromatic nitrogens is 2. The topological polar surface area (TPSA) is 97.5 Å². The van der Waals surface area contributed by atoms with E-state index in [9.17, 15) is 14.4 Å². The van der Waals surface area contributed by atoms with Crippen molar-refractivity contribution in [2.45, 2.75) is 18.6 Å². The number of aliphatic imine (C=N–C) groups is 1. The Bertz CT molecular complexity index is 1270. The van der Waals surface area contributed by atoms with Crippen LogP contribution >= 0.6 is 27.7 Å². The summed E-state index contributed by atoms with van der Waals surface area (Å²) in [4.78, 5) is 42.2. The third kappa shape index (κ3) is 4.56. The maximum atomic E-state index is 13.0. The van der Waals surface area contributed by atoms with Crippen molar-refractivity contribution in [1.82, 2.24) is 14.7 Å². The van der Waals surface area contributed by atoms with Gasteiger partial charge in [-0.2, -0.15) is 0 Å². The van der Waals surface area contributed by atoms with Gasteiger partial charge >= 0.3 is 0 Å². The molecule has 0 saturated carbocycles. The Balaban J connectivity index is 1.51. The molecule has 10 heteroatoms. The van der Waals surface area contributed by atoms with Crippen molar-refractivity contribution < 1.29 is 9.59 Å². The van der Waals surface area contributed by atoms with Crippen LogP contribution in [0.2, 0.25) is 0 Å². The zero-order chi connectivity index (χ0) is 22.8. The number of hydrogen-bond donors (Lipinski definition) is 2. The zero-order valence-corrected chi connectivity index (χ0v) is 19.7. The van der Waals surface area contributed by atoms with Gasteiger partial charge in [0.05, 0.1) is 11.4 Å². The highest BCUT2D eigenvalue weighted by atomic mass is 79.9. The summed E-state index contributed by atoms with van der Waals surface area (Å²) in [6.07, 6.45) is -0.00635. The minimum absolute atomic E-state index is 0.00635. The van der Waals surface area contributed by atoms with Crippen LogP contribution in [-0.2, 0) is 16.6 Å². The second-order valence-corrected chi connectivity index (χ2v) is 9.29. The number of carbonyl (C=O) groups is 2. The van der Waals surface area contributed by atoms with Crippen molar-refractivity contribution in [2.24, 2.45) is 12.0 Å². The van der Waals surface area contributed by atoms with Crippen LogP contribution in [-0.4, -0.2) is 31.6 Å². The van der Waals surface area contributed by atoms with E-state index in [1.54, 1.807) is 30.8 Å². The first kappa shape index (κ1) is 22.1. The molecule has 164 valence electrons. The number of para-hydroxylation sites is 1. The monoisotopic (exact) mass is 513 g/mol. The van der Waals surface area contributed by atoms with Gasteiger partial charge in [-0.3, -0.25) is 19.1 Å². The predicted octanol–water partition coefficient (Wildman–Crippen LogP) is 3.49. The van der Waals surface area contributed by atoms with Crippen LogP contribution in [0.1, 0.15) is 12.1 Å². The van der Waals surface area contributed by atoms with Gasteiger partial charge in [0.15, 0.2) is 10.9 Å². The van der Waals surface area contributed by atoms with Gasteiger partial charge in [-0.05, 0) is 43.3 Å². The molecule has 2 heterocycles. The van der Waals surface area contributed by atoms with Gasteiger partial charge < -0.3 is 10.6 Å². The van der Waals surface area contributed by atoms with E-state index in [0.717, 1.165) is 21.9 Å². The number of halogens is 1. The maximum Gasteiger partial charge on any atom is 0.297 e. The lowest BCUT2D eigenvalue weighted by atomic mass is 10.2. The van der Waals surface area contributed by atoms with E-state index in [0.29, 0.717) is 16.5 Å².